The molecule has 0 bridgehead atoms. The second-order valence-corrected chi connectivity index (χ2v) is 7.54. The fourth-order valence-corrected chi connectivity index (χ4v) is 4.30. The summed E-state index contributed by atoms with van der Waals surface area (Å²) in [6.45, 7) is 4.10. The quantitative estimate of drug-likeness (QED) is 0.818. The highest BCUT2D eigenvalue weighted by atomic mass is 16.2. The summed E-state index contributed by atoms with van der Waals surface area (Å²) in [6, 6.07) is 15.1. The standard InChI is InChI=1S/C22H28N4O/c1-24(20-10-9-18-6-2-3-7-19(18)20)13-11-22(27)26-16-14-25(15-17-26)21-8-4-5-12-23-21/h2-8,12,20H,9-11,13-17H2,1H3/t20-/m1/s1. The summed E-state index contributed by atoms with van der Waals surface area (Å²) in [5.74, 6) is 1.28. The molecule has 0 saturated carbocycles. The first kappa shape index (κ1) is 18.0. The van der Waals surface area contributed by atoms with Gasteiger partial charge in [-0.2, -0.15) is 0 Å². The van der Waals surface area contributed by atoms with E-state index in [0.29, 0.717) is 12.5 Å². The lowest BCUT2D eigenvalue weighted by atomic mass is 10.1. The van der Waals surface area contributed by atoms with E-state index in [1.807, 2.05) is 29.3 Å². The van der Waals surface area contributed by atoms with Gasteiger partial charge in [-0.15, -0.1) is 0 Å². The SMILES string of the molecule is CN(CCC(=O)N1CCN(c2ccccn2)CC1)[C@@H]1CCc2ccccc21. The number of nitrogens with zero attached hydrogens (tertiary/aromatic N) is 4. The second-order valence-electron chi connectivity index (χ2n) is 7.54. The number of hydrogen-bond donors (Lipinski definition) is 0. The number of aryl methyl sites for hydroxylation is 1. The predicted molar refractivity (Wildman–Crippen MR) is 108 cm³/mol. The van der Waals surface area contributed by atoms with Crippen molar-refractivity contribution in [1.82, 2.24) is 14.8 Å². The lowest BCUT2D eigenvalue weighted by molar-refractivity contribution is -0.131. The maximum Gasteiger partial charge on any atom is 0.223 e. The van der Waals surface area contributed by atoms with Crippen molar-refractivity contribution in [2.24, 2.45) is 0 Å². The minimum absolute atomic E-state index is 0.272. The van der Waals surface area contributed by atoms with E-state index < -0.39 is 0 Å². The van der Waals surface area contributed by atoms with Crippen LogP contribution in [-0.4, -0.2) is 60.5 Å². The van der Waals surface area contributed by atoms with Gasteiger partial charge in [0.25, 0.3) is 0 Å². The van der Waals surface area contributed by atoms with Gasteiger partial charge in [-0.3, -0.25) is 9.69 Å². The molecule has 1 amide bonds. The van der Waals surface area contributed by atoms with Gasteiger partial charge >= 0.3 is 0 Å². The average molecular weight is 364 g/mol. The smallest absolute Gasteiger partial charge is 0.223 e. The Hall–Kier alpha value is -2.40. The molecule has 0 radical (unpaired) electrons. The van der Waals surface area contributed by atoms with Gasteiger partial charge in [-0.05, 0) is 43.1 Å². The number of rotatable bonds is 5. The predicted octanol–water partition coefficient (Wildman–Crippen LogP) is 2.74. The van der Waals surface area contributed by atoms with Gasteiger partial charge in [-0.1, -0.05) is 30.3 Å². The van der Waals surface area contributed by atoms with Crippen molar-refractivity contribution in [3.05, 3.63) is 59.8 Å². The first-order valence-corrected chi connectivity index (χ1v) is 9.94. The van der Waals surface area contributed by atoms with E-state index in [1.165, 1.54) is 11.1 Å². The third-order valence-corrected chi connectivity index (χ3v) is 5.92. The van der Waals surface area contributed by atoms with Crippen LogP contribution in [0.4, 0.5) is 5.82 Å². The van der Waals surface area contributed by atoms with Crippen LogP contribution >= 0.6 is 0 Å². The molecule has 5 heteroatoms. The Kier molecular flexibility index (Phi) is 5.39. The molecule has 142 valence electrons. The number of fused-ring (bicyclic) bond motifs is 1. The van der Waals surface area contributed by atoms with Crippen LogP contribution in [0.5, 0.6) is 0 Å². The number of carbonyl (C=O) groups is 1. The van der Waals surface area contributed by atoms with Crippen molar-refractivity contribution < 1.29 is 4.79 Å². The molecule has 1 saturated heterocycles. The summed E-state index contributed by atoms with van der Waals surface area (Å²) in [5.41, 5.74) is 2.91. The Morgan fingerprint density at radius 2 is 1.89 bits per heavy atom. The van der Waals surface area contributed by atoms with Gasteiger partial charge in [0.2, 0.25) is 5.91 Å². The number of pyridine rings is 1. The highest BCUT2D eigenvalue weighted by Crippen LogP contribution is 2.34. The number of benzene rings is 1. The lowest BCUT2D eigenvalue weighted by Crippen LogP contribution is -2.49. The largest absolute Gasteiger partial charge is 0.353 e. The van der Waals surface area contributed by atoms with Crippen LogP contribution in [0.15, 0.2) is 48.7 Å². The Labute approximate surface area is 161 Å². The molecule has 4 rings (SSSR count). The Morgan fingerprint density at radius 1 is 1.11 bits per heavy atom. The number of amides is 1. The molecule has 27 heavy (non-hydrogen) atoms. The van der Waals surface area contributed by atoms with Crippen LogP contribution < -0.4 is 4.90 Å². The van der Waals surface area contributed by atoms with Gasteiger partial charge < -0.3 is 9.80 Å². The van der Waals surface area contributed by atoms with Crippen molar-refractivity contribution in [3.8, 4) is 0 Å². The van der Waals surface area contributed by atoms with E-state index in [0.717, 1.165) is 51.4 Å². The monoisotopic (exact) mass is 364 g/mol. The molecule has 2 aromatic rings. The summed E-state index contributed by atoms with van der Waals surface area (Å²) in [7, 11) is 2.15. The first-order valence-electron chi connectivity index (χ1n) is 9.94. The molecule has 1 fully saturated rings. The molecule has 0 spiro atoms. The summed E-state index contributed by atoms with van der Waals surface area (Å²) in [5, 5.41) is 0. The van der Waals surface area contributed by atoms with E-state index in [1.54, 1.807) is 0 Å². The molecule has 0 unspecified atom stereocenters. The fourth-order valence-electron chi connectivity index (χ4n) is 4.30. The average Bonchev–Trinajstić information content (AvgIpc) is 3.17. The summed E-state index contributed by atoms with van der Waals surface area (Å²) >= 11 is 0. The maximum absolute atomic E-state index is 12.7. The minimum Gasteiger partial charge on any atom is -0.353 e. The van der Waals surface area contributed by atoms with Crippen LogP contribution in [0.1, 0.15) is 30.0 Å². The molecule has 5 nitrogen and oxygen atoms in total. The van der Waals surface area contributed by atoms with E-state index in [2.05, 4.69) is 46.1 Å². The molecule has 0 N–H and O–H groups in total. The van der Waals surface area contributed by atoms with Crippen molar-refractivity contribution >= 4 is 11.7 Å². The van der Waals surface area contributed by atoms with Crippen molar-refractivity contribution in [1.29, 1.82) is 0 Å². The van der Waals surface area contributed by atoms with Gasteiger partial charge in [0, 0.05) is 51.4 Å². The zero-order valence-corrected chi connectivity index (χ0v) is 16.1. The van der Waals surface area contributed by atoms with Crippen LogP contribution in [0.2, 0.25) is 0 Å². The third-order valence-electron chi connectivity index (χ3n) is 5.92. The molecule has 1 atom stereocenters. The minimum atomic E-state index is 0.272. The van der Waals surface area contributed by atoms with Crippen LogP contribution in [-0.2, 0) is 11.2 Å². The normalized spacial score (nSPS) is 19.4. The fraction of sp³-hybridized carbons (Fsp3) is 0.455. The van der Waals surface area contributed by atoms with Crippen molar-refractivity contribution in [3.63, 3.8) is 0 Å². The molecular weight excluding hydrogens is 336 g/mol. The van der Waals surface area contributed by atoms with Gasteiger partial charge in [-0.25, -0.2) is 4.98 Å². The summed E-state index contributed by atoms with van der Waals surface area (Å²) in [4.78, 5) is 23.7. The molecule has 2 heterocycles. The summed E-state index contributed by atoms with van der Waals surface area (Å²) in [6.07, 6.45) is 4.73. The number of carbonyl (C=O) groups excluding carboxylic acids is 1. The van der Waals surface area contributed by atoms with Gasteiger partial charge in [0.05, 0.1) is 0 Å². The van der Waals surface area contributed by atoms with Gasteiger partial charge in [0.15, 0.2) is 0 Å². The maximum atomic E-state index is 12.7. The number of aromatic nitrogens is 1. The van der Waals surface area contributed by atoms with E-state index in [4.69, 9.17) is 0 Å². The van der Waals surface area contributed by atoms with Crippen LogP contribution in [0.25, 0.3) is 0 Å². The zero-order valence-electron chi connectivity index (χ0n) is 16.1. The number of hydrogen-bond acceptors (Lipinski definition) is 4. The molecule has 1 aliphatic heterocycles. The Morgan fingerprint density at radius 3 is 2.67 bits per heavy atom. The van der Waals surface area contributed by atoms with E-state index >= 15 is 0 Å². The Balaban J connectivity index is 1.26. The second kappa shape index (κ2) is 8.09. The molecule has 1 aromatic heterocycles. The number of anilines is 1. The highest BCUT2D eigenvalue weighted by Gasteiger charge is 2.27. The summed E-state index contributed by atoms with van der Waals surface area (Å²) < 4.78 is 0. The van der Waals surface area contributed by atoms with E-state index in [-0.39, 0.29) is 5.91 Å². The third kappa shape index (κ3) is 3.98. The topological polar surface area (TPSA) is 39.7 Å². The Bertz CT molecular complexity index is 771. The van der Waals surface area contributed by atoms with Crippen molar-refractivity contribution in [2.45, 2.75) is 25.3 Å². The van der Waals surface area contributed by atoms with Gasteiger partial charge in [0.1, 0.15) is 5.82 Å². The van der Waals surface area contributed by atoms with Crippen molar-refractivity contribution in [2.75, 3.05) is 44.7 Å². The van der Waals surface area contributed by atoms with Crippen LogP contribution in [0.3, 0.4) is 0 Å². The molecule has 2 aliphatic rings. The molecular formula is C22H28N4O. The highest BCUT2D eigenvalue weighted by molar-refractivity contribution is 5.76. The zero-order chi connectivity index (χ0) is 18.6. The lowest BCUT2D eigenvalue weighted by Gasteiger charge is -2.36. The first-order chi connectivity index (χ1) is 13.2. The van der Waals surface area contributed by atoms with Crippen LogP contribution in [0, 0.1) is 0 Å². The number of piperazine rings is 1. The molecule has 1 aliphatic carbocycles. The molecule has 1 aromatic carbocycles. The van der Waals surface area contributed by atoms with E-state index in [9.17, 15) is 4.79 Å².